The molecule has 0 saturated heterocycles. The third-order valence-electron chi connectivity index (χ3n) is 4.08. The molecule has 4 nitrogen and oxygen atoms in total. The summed E-state index contributed by atoms with van der Waals surface area (Å²) >= 11 is 7.46. The lowest BCUT2D eigenvalue weighted by atomic mass is 10.1. The molecular weight excluding hydrogens is 378 g/mol. The van der Waals surface area contributed by atoms with Gasteiger partial charge in [0.25, 0.3) is 0 Å². The monoisotopic (exact) mass is 399 g/mol. The van der Waals surface area contributed by atoms with Gasteiger partial charge in [-0.2, -0.15) is 0 Å². The lowest BCUT2D eigenvalue weighted by Gasteiger charge is -2.09. The summed E-state index contributed by atoms with van der Waals surface area (Å²) in [5.74, 6) is 0.233. The zero-order valence-electron chi connectivity index (χ0n) is 15.2. The van der Waals surface area contributed by atoms with E-state index in [9.17, 15) is 4.79 Å². The fourth-order valence-electron chi connectivity index (χ4n) is 2.68. The second-order valence-corrected chi connectivity index (χ2v) is 7.58. The summed E-state index contributed by atoms with van der Waals surface area (Å²) in [6, 6.07) is 15.6. The molecule has 27 heavy (non-hydrogen) atoms. The number of aromatic nitrogens is 2. The van der Waals surface area contributed by atoms with E-state index in [1.165, 1.54) is 30.2 Å². The van der Waals surface area contributed by atoms with Crippen LogP contribution in [0.3, 0.4) is 0 Å². The number of unbranched alkanes of at least 4 members (excludes halogenated alkanes) is 1. The number of anilines is 1. The molecule has 0 atom stereocenters. The van der Waals surface area contributed by atoms with Crippen molar-refractivity contribution in [2.75, 3.05) is 11.1 Å². The molecule has 1 amide bonds. The highest BCUT2D eigenvalue weighted by molar-refractivity contribution is 7.99. The summed E-state index contributed by atoms with van der Waals surface area (Å²) in [6.07, 6.45) is 7.02. The zero-order valence-corrected chi connectivity index (χ0v) is 16.8. The van der Waals surface area contributed by atoms with Crippen LogP contribution in [-0.4, -0.2) is 21.2 Å². The Kier molecular flexibility index (Phi) is 6.96. The van der Waals surface area contributed by atoms with Crippen molar-refractivity contribution < 1.29 is 4.79 Å². The highest BCUT2D eigenvalue weighted by Gasteiger charge is 2.10. The van der Waals surface area contributed by atoms with Crippen LogP contribution in [0.4, 0.5) is 5.69 Å². The van der Waals surface area contributed by atoms with E-state index >= 15 is 0 Å². The summed E-state index contributed by atoms with van der Waals surface area (Å²) in [5.41, 5.74) is 3.04. The minimum absolute atomic E-state index is 0.0537. The largest absolute Gasteiger partial charge is 0.325 e. The third kappa shape index (κ3) is 5.62. The Hall–Kier alpha value is -2.24. The van der Waals surface area contributed by atoms with E-state index in [0.717, 1.165) is 23.0 Å². The molecule has 0 bridgehead atoms. The van der Waals surface area contributed by atoms with E-state index in [2.05, 4.69) is 29.4 Å². The summed E-state index contributed by atoms with van der Waals surface area (Å²) in [7, 11) is 0. The molecule has 1 aromatic heterocycles. The molecule has 0 fully saturated rings. The van der Waals surface area contributed by atoms with Crippen LogP contribution in [0.25, 0.3) is 5.69 Å². The molecule has 1 N–H and O–H groups in total. The number of benzene rings is 2. The molecule has 0 aliphatic heterocycles. The lowest BCUT2D eigenvalue weighted by Crippen LogP contribution is -2.14. The molecule has 3 aromatic rings. The Labute approximate surface area is 169 Å². The number of thioether (sulfide) groups is 1. The molecule has 1 heterocycles. The Morgan fingerprint density at radius 2 is 2.04 bits per heavy atom. The second-order valence-electron chi connectivity index (χ2n) is 6.20. The molecule has 0 unspecified atom stereocenters. The predicted molar refractivity (Wildman–Crippen MR) is 113 cm³/mol. The van der Waals surface area contributed by atoms with Crippen molar-refractivity contribution in [2.24, 2.45) is 0 Å². The molecule has 3 rings (SSSR count). The highest BCUT2D eigenvalue weighted by atomic mass is 35.5. The van der Waals surface area contributed by atoms with E-state index < -0.39 is 0 Å². The van der Waals surface area contributed by atoms with Crippen molar-refractivity contribution >= 4 is 35.0 Å². The Morgan fingerprint density at radius 3 is 2.78 bits per heavy atom. The van der Waals surface area contributed by atoms with Crippen molar-refractivity contribution in [3.8, 4) is 5.69 Å². The first-order chi connectivity index (χ1) is 13.2. The smallest absolute Gasteiger partial charge is 0.234 e. The molecule has 0 spiro atoms. The van der Waals surface area contributed by atoms with E-state index in [1.807, 2.05) is 47.2 Å². The van der Waals surface area contributed by atoms with Crippen LogP contribution < -0.4 is 5.32 Å². The van der Waals surface area contributed by atoms with Gasteiger partial charge in [-0.3, -0.25) is 9.36 Å². The molecular formula is C21H22ClN3OS. The summed E-state index contributed by atoms with van der Waals surface area (Å²) in [6.45, 7) is 2.18. The van der Waals surface area contributed by atoms with Crippen LogP contribution in [0.15, 0.2) is 66.1 Å². The van der Waals surface area contributed by atoms with Crippen molar-refractivity contribution in [3.63, 3.8) is 0 Å². The third-order valence-corrected chi connectivity index (χ3v) is 5.28. The maximum atomic E-state index is 12.3. The number of carbonyl (C=O) groups is 1. The molecule has 0 radical (unpaired) electrons. The standard InChI is InChI=1S/C21H22ClN3OS/c1-2-3-5-16-8-10-18(11-9-16)24-20(26)15-27-21-23-12-13-25(21)19-7-4-6-17(22)14-19/h4,6-14H,2-3,5,15H2,1H3,(H,24,26). The molecule has 2 aromatic carbocycles. The van der Waals surface area contributed by atoms with Gasteiger partial charge in [-0.1, -0.05) is 54.9 Å². The van der Waals surface area contributed by atoms with Crippen molar-refractivity contribution in [1.29, 1.82) is 0 Å². The second kappa shape index (κ2) is 9.62. The average Bonchev–Trinajstić information content (AvgIpc) is 3.14. The van der Waals surface area contributed by atoms with Gasteiger partial charge in [0.1, 0.15) is 0 Å². The number of hydrogen-bond acceptors (Lipinski definition) is 3. The maximum Gasteiger partial charge on any atom is 0.234 e. The van der Waals surface area contributed by atoms with Gasteiger partial charge in [0.15, 0.2) is 5.16 Å². The van der Waals surface area contributed by atoms with Crippen LogP contribution in [0, 0.1) is 0 Å². The number of aryl methyl sites for hydroxylation is 1. The van der Waals surface area contributed by atoms with Gasteiger partial charge in [0.2, 0.25) is 5.91 Å². The summed E-state index contributed by atoms with van der Waals surface area (Å²) < 4.78 is 1.92. The van der Waals surface area contributed by atoms with Gasteiger partial charge in [-0.15, -0.1) is 0 Å². The summed E-state index contributed by atoms with van der Waals surface area (Å²) in [4.78, 5) is 16.6. The Balaban J connectivity index is 1.56. The molecule has 0 aliphatic rings. The van der Waals surface area contributed by atoms with Gasteiger partial charge in [-0.05, 0) is 48.7 Å². The number of amides is 1. The van der Waals surface area contributed by atoms with Gasteiger partial charge in [0, 0.05) is 28.8 Å². The van der Waals surface area contributed by atoms with Crippen LogP contribution in [0.2, 0.25) is 5.02 Å². The maximum absolute atomic E-state index is 12.3. The van der Waals surface area contributed by atoms with Crippen LogP contribution in [0.5, 0.6) is 0 Å². The molecule has 0 saturated carbocycles. The van der Waals surface area contributed by atoms with Crippen molar-refractivity contribution in [1.82, 2.24) is 9.55 Å². The van der Waals surface area contributed by atoms with E-state index in [-0.39, 0.29) is 11.7 Å². The SMILES string of the molecule is CCCCc1ccc(NC(=O)CSc2nccn2-c2cccc(Cl)c2)cc1. The minimum Gasteiger partial charge on any atom is -0.325 e. The average molecular weight is 400 g/mol. The number of nitrogens with zero attached hydrogens (tertiary/aromatic N) is 2. The summed E-state index contributed by atoms with van der Waals surface area (Å²) in [5, 5.41) is 4.35. The first-order valence-electron chi connectivity index (χ1n) is 8.96. The normalized spacial score (nSPS) is 10.7. The quantitative estimate of drug-likeness (QED) is 0.501. The first-order valence-corrected chi connectivity index (χ1v) is 10.3. The Morgan fingerprint density at radius 1 is 1.22 bits per heavy atom. The van der Waals surface area contributed by atoms with E-state index in [0.29, 0.717) is 5.02 Å². The fourth-order valence-corrected chi connectivity index (χ4v) is 3.64. The molecule has 6 heteroatoms. The number of halogens is 1. The first kappa shape index (κ1) is 19.5. The topological polar surface area (TPSA) is 46.9 Å². The number of hydrogen-bond donors (Lipinski definition) is 1. The van der Waals surface area contributed by atoms with Gasteiger partial charge >= 0.3 is 0 Å². The Bertz CT molecular complexity index is 892. The van der Waals surface area contributed by atoms with E-state index in [4.69, 9.17) is 11.6 Å². The number of nitrogens with one attached hydrogen (secondary N) is 1. The van der Waals surface area contributed by atoms with Gasteiger partial charge in [0.05, 0.1) is 5.75 Å². The molecule has 140 valence electrons. The zero-order chi connectivity index (χ0) is 19.1. The van der Waals surface area contributed by atoms with Crippen LogP contribution in [0.1, 0.15) is 25.3 Å². The number of imidazole rings is 1. The highest BCUT2D eigenvalue weighted by Crippen LogP contribution is 2.22. The van der Waals surface area contributed by atoms with E-state index in [1.54, 1.807) is 6.20 Å². The van der Waals surface area contributed by atoms with Crippen molar-refractivity contribution in [3.05, 3.63) is 71.5 Å². The van der Waals surface area contributed by atoms with Crippen LogP contribution in [-0.2, 0) is 11.2 Å². The van der Waals surface area contributed by atoms with Crippen LogP contribution >= 0.6 is 23.4 Å². The number of rotatable bonds is 8. The molecule has 0 aliphatic carbocycles. The van der Waals surface area contributed by atoms with Crippen molar-refractivity contribution in [2.45, 2.75) is 31.3 Å². The van der Waals surface area contributed by atoms with Gasteiger partial charge in [-0.25, -0.2) is 4.98 Å². The van der Waals surface area contributed by atoms with Gasteiger partial charge < -0.3 is 5.32 Å². The minimum atomic E-state index is -0.0537. The predicted octanol–water partition coefficient (Wildman–Crippen LogP) is 5.60. The lowest BCUT2D eigenvalue weighted by molar-refractivity contribution is -0.113. The fraction of sp³-hybridized carbons (Fsp3) is 0.238. The number of carbonyl (C=O) groups excluding carboxylic acids is 1.